The van der Waals surface area contributed by atoms with Crippen LogP contribution in [-0.2, 0) is 54.4 Å². The van der Waals surface area contributed by atoms with Crippen LogP contribution < -0.4 is 59.2 Å². The lowest BCUT2D eigenvalue weighted by molar-refractivity contribution is -0.142. The van der Waals surface area contributed by atoms with Gasteiger partial charge in [0, 0.05) is 30.9 Å². The van der Waals surface area contributed by atoms with E-state index in [-0.39, 0.29) is 50.3 Å². The summed E-state index contributed by atoms with van der Waals surface area (Å²) >= 11 is 0. The number of ether oxygens (including phenoxy) is 1. The summed E-state index contributed by atoms with van der Waals surface area (Å²) in [5.74, 6) is -8.07. The molecule has 2 aliphatic heterocycles. The standard InChI is InChI=1S/C43H67N11O12S2/c1-5-23(3)35-41(63)53-36(24(4)55)42(64)50-29(20-32(45)56)38(60)51-30(43(65)54-17-8-10-31(54)40(62)49-27(9-7-16-44)37(59)47-21-33(46)57)22-68-67-18-15-34(58)48-28(39(61)52-35)19-25-11-13-26(14-12-25)66-6-2/h11-14,23-24,27-31,35-36,55H,5-10,15-22,44H2,1-4H3,(H2,45,56)(H2,46,57)(H,47,59)(H,48,58)(H,49,62)(H,50,64)(H,51,60)(H,52,61)(H,53,63)/t23-,24-,27-,28+,29-,30-,31-,35-,36-/m0/s1. The number of carbonyl (C=O) groups excluding carboxylic acids is 10. The highest BCUT2D eigenvalue weighted by atomic mass is 33.1. The topological polar surface area (TPSA) is 366 Å². The second-order valence-electron chi connectivity index (χ2n) is 16.5. The molecule has 0 unspecified atom stereocenters. The second kappa shape index (κ2) is 28.6. The molecule has 1 aromatic rings. The fraction of sp³-hybridized carbons (Fsp3) is 0.628. The Morgan fingerprint density at radius 1 is 0.868 bits per heavy atom. The molecule has 0 aliphatic carbocycles. The first-order valence-electron chi connectivity index (χ1n) is 22.6. The first kappa shape index (κ1) is 56.7. The Hall–Kier alpha value is -5.66. The molecule has 0 aromatic heterocycles. The molecular formula is C43H67N11O12S2. The highest BCUT2D eigenvalue weighted by Crippen LogP contribution is 2.26. The van der Waals surface area contributed by atoms with E-state index < -0.39 is 126 Å². The minimum atomic E-state index is -1.74. The third kappa shape index (κ3) is 18.1. The molecule has 14 N–H and O–H groups in total. The largest absolute Gasteiger partial charge is 0.494 e. The van der Waals surface area contributed by atoms with Gasteiger partial charge >= 0.3 is 0 Å². The fourth-order valence-corrected chi connectivity index (χ4v) is 9.44. The zero-order chi connectivity index (χ0) is 50.5. The molecule has 0 radical (unpaired) electrons. The number of hydrogen-bond acceptors (Lipinski definition) is 15. The van der Waals surface area contributed by atoms with E-state index in [4.69, 9.17) is 21.9 Å². The van der Waals surface area contributed by atoms with E-state index in [0.717, 1.165) is 10.8 Å². The van der Waals surface area contributed by atoms with Crippen LogP contribution in [0.2, 0.25) is 0 Å². The van der Waals surface area contributed by atoms with Gasteiger partial charge in [-0.2, -0.15) is 0 Å². The minimum Gasteiger partial charge on any atom is -0.494 e. The lowest BCUT2D eigenvalue weighted by Gasteiger charge is -2.31. The Bertz CT molecular complexity index is 1950. The molecule has 0 spiro atoms. The summed E-state index contributed by atoms with van der Waals surface area (Å²) in [4.78, 5) is 135. The maximum atomic E-state index is 14.4. The van der Waals surface area contributed by atoms with Crippen LogP contribution >= 0.6 is 21.6 Å². The van der Waals surface area contributed by atoms with Crippen molar-refractivity contribution < 1.29 is 57.8 Å². The molecule has 10 amide bonds. The number of rotatable bonds is 18. The van der Waals surface area contributed by atoms with Crippen LogP contribution in [0.1, 0.15) is 78.2 Å². The van der Waals surface area contributed by atoms with Gasteiger partial charge in [0.2, 0.25) is 59.1 Å². The number of nitrogens with two attached hydrogens (primary N) is 3. The SMILES string of the molecule is CCOc1ccc(C[C@H]2NC(=O)CCSSC[C@@H](C(=O)N3CCC[C@H]3C(=O)N[C@@H](CCCN)C(=O)NCC(N)=O)NC(=O)[C@H](CC(N)=O)NC(=O)[C@H]([C@H](C)O)NC(=O)[C@H]([C@@H](C)CC)NC2=O)cc1. The molecule has 378 valence electrons. The van der Waals surface area contributed by atoms with Crippen LogP contribution in [0.5, 0.6) is 5.75 Å². The average molecular weight is 994 g/mol. The van der Waals surface area contributed by atoms with Crippen molar-refractivity contribution in [3.8, 4) is 5.75 Å². The van der Waals surface area contributed by atoms with E-state index in [1.54, 1.807) is 38.1 Å². The number of nitrogens with zero attached hydrogens (tertiary/aromatic N) is 1. The minimum absolute atomic E-state index is 0.0243. The predicted octanol–water partition coefficient (Wildman–Crippen LogP) is -3.04. The number of aliphatic hydroxyl groups is 1. The Labute approximate surface area is 403 Å². The van der Waals surface area contributed by atoms with Crippen molar-refractivity contribution in [2.24, 2.45) is 23.1 Å². The van der Waals surface area contributed by atoms with Gasteiger partial charge in [0.05, 0.1) is 25.7 Å². The Morgan fingerprint density at radius 3 is 2.15 bits per heavy atom. The van der Waals surface area contributed by atoms with E-state index in [0.29, 0.717) is 37.2 Å². The van der Waals surface area contributed by atoms with Gasteiger partial charge in [-0.3, -0.25) is 47.9 Å². The van der Waals surface area contributed by atoms with Crippen molar-refractivity contribution >= 4 is 80.7 Å². The van der Waals surface area contributed by atoms with Crippen LogP contribution in [0.25, 0.3) is 0 Å². The van der Waals surface area contributed by atoms with E-state index in [2.05, 4.69) is 37.2 Å². The number of nitrogens with one attached hydrogen (secondary N) is 7. The van der Waals surface area contributed by atoms with E-state index >= 15 is 0 Å². The summed E-state index contributed by atoms with van der Waals surface area (Å²) in [5, 5.41) is 28.7. The Kier molecular flexibility index (Phi) is 23.8. The van der Waals surface area contributed by atoms with Crippen molar-refractivity contribution in [3.63, 3.8) is 0 Å². The molecule has 2 aliphatic rings. The third-order valence-corrected chi connectivity index (χ3v) is 13.6. The lowest BCUT2D eigenvalue weighted by Crippen LogP contribution is -2.63. The van der Waals surface area contributed by atoms with Gasteiger partial charge in [0.15, 0.2) is 0 Å². The number of hydrogen-bond donors (Lipinski definition) is 11. The summed E-state index contributed by atoms with van der Waals surface area (Å²) in [6, 6.07) is -2.62. The molecular weight excluding hydrogens is 927 g/mol. The molecule has 2 fully saturated rings. The summed E-state index contributed by atoms with van der Waals surface area (Å²) < 4.78 is 5.53. The van der Waals surface area contributed by atoms with Gasteiger partial charge < -0.3 is 69.2 Å². The van der Waals surface area contributed by atoms with Crippen molar-refractivity contribution in [3.05, 3.63) is 29.8 Å². The normalized spacial score (nSPS) is 23.8. The molecule has 1 aromatic carbocycles. The molecule has 0 bridgehead atoms. The monoisotopic (exact) mass is 993 g/mol. The van der Waals surface area contributed by atoms with Crippen molar-refractivity contribution in [1.82, 2.24) is 42.1 Å². The highest BCUT2D eigenvalue weighted by Gasteiger charge is 2.41. The summed E-state index contributed by atoms with van der Waals surface area (Å²) in [5.41, 5.74) is 17.0. The van der Waals surface area contributed by atoms with Crippen molar-refractivity contribution in [2.45, 2.75) is 127 Å². The van der Waals surface area contributed by atoms with E-state index in [1.807, 2.05) is 6.92 Å². The second-order valence-corrected chi connectivity index (χ2v) is 19.1. The smallest absolute Gasteiger partial charge is 0.246 e. The first-order valence-corrected chi connectivity index (χ1v) is 25.1. The molecule has 9 atom stereocenters. The number of carbonyl (C=O) groups is 10. The van der Waals surface area contributed by atoms with Gasteiger partial charge in [-0.15, -0.1) is 0 Å². The maximum absolute atomic E-state index is 14.4. The number of aliphatic hydroxyl groups excluding tert-OH is 1. The number of primary amides is 2. The number of benzene rings is 1. The summed E-state index contributed by atoms with van der Waals surface area (Å²) in [6.07, 6.45) is -1.05. The molecule has 2 saturated heterocycles. The van der Waals surface area contributed by atoms with Crippen LogP contribution in [0, 0.1) is 5.92 Å². The maximum Gasteiger partial charge on any atom is 0.246 e. The Balaban J connectivity index is 1.99. The van der Waals surface area contributed by atoms with Crippen LogP contribution in [0.3, 0.4) is 0 Å². The molecule has 23 nitrogen and oxygen atoms in total. The molecule has 3 rings (SSSR count). The van der Waals surface area contributed by atoms with Gasteiger partial charge in [-0.1, -0.05) is 54.0 Å². The molecule has 0 saturated carbocycles. The molecule has 2 heterocycles. The Morgan fingerprint density at radius 2 is 1.53 bits per heavy atom. The fourth-order valence-electron chi connectivity index (χ4n) is 7.29. The highest BCUT2D eigenvalue weighted by molar-refractivity contribution is 8.76. The van der Waals surface area contributed by atoms with Crippen LogP contribution in [0.4, 0.5) is 0 Å². The van der Waals surface area contributed by atoms with Gasteiger partial charge in [-0.25, -0.2) is 0 Å². The van der Waals surface area contributed by atoms with E-state index in [1.165, 1.54) is 22.6 Å². The average Bonchev–Trinajstić information content (AvgIpc) is 3.79. The van der Waals surface area contributed by atoms with Crippen molar-refractivity contribution in [2.75, 3.05) is 37.7 Å². The quantitative estimate of drug-likeness (QED) is 0.0652. The van der Waals surface area contributed by atoms with Gasteiger partial charge in [0.25, 0.3) is 0 Å². The molecule has 25 heteroatoms. The molecule has 68 heavy (non-hydrogen) atoms. The summed E-state index contributed by atoms with van der Waals surface area (Å²) in [7, 11) is 2.27. The summed E-state index contributed by atoms with van der Waals surface area (Å²) in [6.45, 7) is 6.72. The number of amides is 10. The third-order valence-electron chi connectivity index (χ3n) is 11.2. The van der Waals surface area contributed by atoms with Crippen molar-refractivity contribution in [1.29, 1.82) is 0 Å². The zero-order valence-corrected chi connectivity index (χ0v) is 40.5. The van der Waals surface area contributed by atoms with Gasteiger partial charge in [-0.05, 0) is 69.7 Å². The predicted molar refractivity (Wildman–Crippen MR) is 253 cm³/mol. The van der Waals surface area contributed by atoms with Gasteiger partial charge in [0.1, 0.15) is 48.0 Å². The van der Waals surface area contributed by atoms with E-state index in [9.17, 15) is 53.1 Å². The number of likely N-dealkylation sites (tertiary alicyclic amines) is 1. The van der Waals surface area contributed by atoms with Crippen LogP contribution in [0.15, 0.2) is 24.3 Å². The first-order chi connectivity index (χ1) is 32.3. The van der Waals surface area contributed by atoms with Crippen LogP contribution in [-0.4, -0.2) is 155 Å². The zero-order valence-electron chi connectivity index (χ0n) is 38.8. The lowest BCUT2D eigenvalue weighted by atomic mass is 9.96.